The molecule has 0 saturated carbocycles. The van der Waals surface area contributed by atoms with Crippen molar-refractivity contribution in [2.45, 2.75) is 12.5 Å². The molecule has 1 aliphatic rings. The number of para-hydroxylation sites is 1. The van der Waals surface area contributed by atoms with Crippen molar-refractivity contribution in [3.63, 3.8) is 0 Å². The minimum absolute atomic E-state index is 0.0704. The Labute approximate surface area is 112 Å². The Hall–Kier alpha value is -1.46. The molecule has 1 aromatic carbocycles. The number of pyridine rings is 1. The highest BCUT2D eigenvalue weighted by Crippen LogP contribution is 2.31. The molecule has 1 N–H and O–H groups in total. The van der Waals surface area contributed by atoms with Crippen molar-refractivity contribution < 1.29 is 13.5 Å². The molecule has 0 radical (unpaired) electrons. The number of nitrogens with zero attached hydrogens (tertiary/aromatic N) is 1. The van der Waals surface area contributed by atoms with E-state index in [1.54, 1.807) is 6.20 Å². The lowest BCUT2D eigenvalue weighted by molar-refractivity contribution is 0.121. The maximum Gasteiger partial charge on any atom is 0.150 e. The van der Waals surface area contributed by atoms with E-state index < -0.39 is 15.9 Å². The van der Waals surface area contributed by atoms with Gasteiger partial charge in [-0.15, -0.1) is 0 Å². The molecule has 0 aliphatic carbocycles. The van der Waals surface area contributed by atoms with E-state index in [0.29, 0.717) is 12.0 Å². The van der Waals surface area contributed by atoms with Crippen LogP contribution in [0.25, 0.3) is 10.9 Å². The van der Waals surface area contributed by atoms with E-state index in [4.69, 9.17) is 0 Å². The zero-order chi connectivity index (χ0) is 13.5. The van der Waals surface area contributed by atoms with Crippen molar-refractivity contribution in [3.8, 4) is 0 Å². The maximum absolute atomic E-state index is 11.5. The molecule has 1 aliphatic heterocycles. The second-order valence-corrected chi connectivity index (χ2v) is 7.30. The molecule has 0 amide bonds. The summed E-state index contributed by atoms with van der Waals surface area (Å²) < 4.78 is 22.9. The van der Waals surface area contributed by atoms with Gasteiger partial charge in [0.25, 0.3) is 0 Å². The second-order valence-electron chi connectivity index (χ2n) is 5.07. The van der Waals surface area contributed by atoms with Gasteiger partial charge in [0.15, 0.2) is 9.84 Å². The number of benzene rings is 1. The summed E-state index contributed by atoms with van der Waals surface area (Å²) in [7, 11) is -2.97. The first-order valence-corrected chi connectivity index (χ1v) is 8.10. The van der Waals surface area contributed by atoms with Crippen molar-refractivity contribution in [1.82, 2.24) is 4.98 Å². The Kier molecular flexibility index (Phi) is 3.03. The molecule has 3 rings (SSSR count). The van der Waals surface area contributed by atoms with Gasteiger partial charge in [-0.3, -0.25) is 4.98 Å². The Morgan fingerprint density at radius 1 is 1.32 bits per heavy atom. The summed E-state index contributed by atoms with van der Waals surface area (Å²) in [5, 5.41) is 11.3. The monoisotopic (exact) mass is 277 g/mol. The van der Waals surface area contributed by atoms with Gasteiger partial charge in [0.1, 0.15) is 0 Å². The quantitative estimate of drug-likeness (QED) is 0.907. The lowest BCUT2D eigenvalue weighted by Gasteiger charge is -2.17. The number of hydrogen-bond acceptors (Lipinski definition) is 4. The van der Waals surface area contributed by atoms with Crippen LogP contribution < -0.4 is 0 Å². The summed E-state index contributed by atoms with van der Waals surface area (Å²) in [5.74, 6) is 0.0319. The molecule has 1 fully saturated rings. The molecule has 5 heteroatoms. The van der Waals surface area contributed by atoms with Crippen molar-refractivity contribution in [3.05, 3.63) is 42.1 Å². The molecule has 0 spiro atoms. The summed E-state index contributed by atoms with van der Waals surface area (Å²) in [5.41, 5.74) is 1.57. The predicted octanol–water partition coefficient (Wildman–Crippen LogP) is 1.70. The molecule has 2 aromatic rings. The standard InChI is InChI=1S/C14H15NO3S/c16-14(11-5-6-19(17,18)9-11)12-7-10-3-1-2-4-13(10)15-8-12/h1-4,7-8,11,14,16H,5-6,9H2. The van der Waals surface area contributed by atoms with E-state index in [0.717, 1.165) is 10.9 Å². The minimum Gasteiger partial charge on any atom is -0.388 e. The third kappa shape index (κ3) is 2.48. The molecule has 19 heavy (non-hydrogen) atoms. The van der Waals surface area contributed by atoms with Gasteiger partial charge in [-0.2, -0.15) is 0 Å². The van der Waals surface area contributed by atoms with E-state index in [1.807, 2.05) is 30.3 Å². The summed E-state index contributed by atoms with van der Waals surface area (Å²) in [6, 6.07) is 9.56. The number of rotatable bonds is 2. The number of sulfone groups is 1. The molecule has 100 valence electrons. The topological polar surface area (TPSA) is 67.3 Å². The smallest absolute Gasteiger partial charge is 0.150 e. The van der Waals surface area contributed by atoms with E-state index in [9.17, 15) is 13.5 Å². The van der Waals surface area contributed by atoms with Crippen LogP contribution in [0.4, 0.5) is 0 Å². The van der Waals surface area contributed by atoms with E-state index in [1.165, 1.54) is 0 Å². The molecule has 2 atom stereocenters. The van der Waals surface area contributed by atoms with Gasteiger partial charge in [0, 0.05) is 17.5 Å². The van der Waals surface area contributed by atoms with Gasteiger partial charge < -0.3 is 5.11 Å². The zero-order valence-electron chi connectivity index (χ0n) is 10.4. The Bertz CT molecular complexity index is 711. The number of aliphatic hydroxyl groups is 1. The van der Waals surface area contributed by atoms with E-state index in [-0.39, 0.29) is 17.4 Å². The second kappa shape index (κ2) is 4.58. The third-order valence-electron chi connectivity index (χ3n) is 3.67. The van der Waals surface area contributed by atoms with Gasteiger partial charge >= 0.3 is 0 Å². The molecular formula is C14H15NO3S. The van der Waals surface area contributed by atoms with Gasteiger partial charge in [-0.25, -0.2) is 8.42 Å². The highest BCUT2D eigenvalue weighted by atomic mass is 32.2. The lowest BCUT2D eigenvalue weighted by Crippen LogP contribution is -2.14. The summed E-state index contributed by atoms with van der Waals surface area (Å²) in [4.78, 5) is 4.30. The first kappa shape index (κ1) is 12.6. The fourth-order valence-corrected chi connectivity index (χ4v) is 4.42. The Morgan fingerprint density at radius 2 is 2.11 bits per heavy atom. The van der Waals surface area contributed by atoms with Crippen molar-refractivity contribution in [1.29, 1.82) is 0 Å². The Balaban J connectivity index is 1.91. The van der Waals surface area contributed by atoms with Crippen molar-refractivity contribution >= 4 is 20.7 Å². The maximum atomic E-state index is 11.5. The summed E-state index contributed by atoms with van der Waals surface area (Å²) in [6.45, 7) is 0. The molecular weight excluding hydrogens is 262 g/mol. The highest BCUT2D eigenvalue weighted by Gasteiger charge is 2.33. The highest BCUT2D eigenvalue weighted by molar-refractivity contribution is 7.91. The molecule has 2 heterocycles. The number of fused-ring (bicyclic) bond motifs is 1. The van der Waals surface area contributed by atoms with Crippen LogP contribution in [0.1, 0.15) is 18.1 Å². The van der Waals surface area contributed by atoms with E-state index in [2.05, 4.69) is 4.98 Å². The van der Waals surface area contributed by atoms with Crippen LogP contribution >= 0.6 is 0 Å². The predicted molar refractivity (Wildman–Crippen MR) is 73.5 cm³/mol. The Morgan fingerprint density at radius 3 is 2.84 bits per heavy atom. The van der Waals surface area contributed by atoms with Crippen LogP contribution in [-0.2, 0) is 9.84 Å². The van der Waals surface area contributed by atoms with Gasteiger partial charge in [-0.1, -0.05) is 18.2 Å². The van der Waals surface area contributed by atoms with Crippen LogP contribution in [0.3, 0.4) is 0 Å². The van der Waals surface area contributed by atoms with Crippen LogP contribution in [0.2, 0.25) is 0 Å². The fourth-order valence-electron chi connectivity index (χ4n) is 2.59. The fraction of sp³-hybridized carbons (Fsp3) is 0.357. The summed E-state index contributed by atoms with van der Waals surface area (Å²) >= 11 is 0. The molecule has 1 saturated heterocycles. The van der Waals surface area contributed by atoms with Crippen LogP contribution in [0.15, 0.2) is 36.5 Å². The largest absolute Gasteiger partial charge is 0.388 e. The van der Waals surface area contributed by atoms with Crippen LogP contribution in [-0.4, -0.2) is 30.0 Å². The van der Waals surface area contributed by atoms with Gasteiger partial charge in [0.2, 0.25) is 0 Å². The van der Waals surface area contributed by atoms with Crippen molar-refractivity contribution in [2.75, 3.05) is 11.5 Å². The molecule has 0 bridgehead atoms. The van der Waals surface area contributed by atoms with Crippen LogP contribution in [0, 0.1) is 5.92 Å². The van der Waals surface area contributed by atoms with Gasteiger partial charge in [-0.05, 0) is 24.1 Å². The molecule has 4 nitrogen and oxygen atoms in total. The van der Waals surface area contributed by atoms with Gasteiger partial charge in [0.05, 0.1) is 23.1 Å². The minimum atomic E-state index is -2.97. The normalized spacial score (nSPS) is 23.5. The average Bonchev–Trinajstić information content (AvgIpc) is 2.78. The number of aromatic nitrogens is 1. The molecule has 1 aromatic heterocycles. The summed E-state index contributed by atoms with van der Waals surface area (Å²) in [6.07, 6.45) is 1.41. The van der Waals surface area contributed by atoms with Crippen molar-refractivity contribution in [2.24, 2.45) is 5.92 Å². The first-order chi connectivity index (χ1) is 9.05. The van der Waals surface area contributed by atoms with Crippen LogP contribution in [0.5, 0.6) is 0 Å². The SMILES string of the molecule is O=S1(=O)CCC(C(O)c2cnc3ccccc3c2)C1. The number of hydrogen-bond donors (Lipinski definition) is 1. The average molecular weight is 277 g/mol. The van der Waals surface area contributed by atoms with E-state index >= 15 is 0 Å². The third-order valence-corrected chi connectivity index (χ3v) is 5.46. The first-order valence-electron chi connectivity index (χ1n) is 6.28. The zero-order valence-corrected chi connectivity index (χ0v) is 11.2. The molecule has 2 unspecified atom stereocenters. The lowest BCUT2D eigenvalue weighted by atomic mass is 9.95. The number of aliphatic hydroxyl groups excluding tert-OH is 1.